The molecule has 1 aromatic heterocycles. The van der Waals surface area contributed by atoms with Gasteiger partial charge in [0.05, 0.1) is 10.2 Å². The van der Waals surface area contributed by atoms with Crippen LogP contribution in [0.4, 0.5) is 5.13 Å². The van der Waals surface area contributed by atoms with E-state index >= 15 is 0 Å². The van der Waals surface area contributed by atoms with Crippen molar-refractivity contribution in [1.82, 2.24) is 4.98 Å². The summed E-state index contributed by atoms with van der Waals surface area (Å²) < 4.78 is 1.21. The Bertz CT molecular complexity index is 562. The lowest BCUT2D eigenvalue weighted by molar-refractivity contribution is 0.396. The lowest BCUT2D eigenvalue weighted by Crippen LogP contribution is -2.33. The molecule has 2 aromatic rings. The van der Waals surface area contributed by atoms with Crippen molar-refractivity contribution in [2.75, 3.05) is 23.9 Å². The smallest absolute Gasteiger partial charge is 0.186 e. The van der Waals surface area contributed by atoms with E-state index in [1.807, 2.05) is 12.1 Å². The number of aromatic nitrogens is 1. The number of anilines is 1. The Hall–Kier alpha value is -0.510. The van der Waals surface area contributed by atoms with Crippen LogP contribution in [0.15, 0.2) is 18.2 Å². The highest BCUT2D eigenvalue weighted by Crippen LogP contribution is 2.33. The molecule has 5 heteroatoms. The van der Waals surface area contributed by atoms with Crippen LogP contribution in [0.2, 0.25) is 5.02 Å². The molecular weight excluding hydrogens is 299 g/mol. The second-order valence-corrected chi connectivity index (χ2v) is 6.84. The van der Waals surface area contributed by atoms with Gasteiger partial charge in [0.25, 0.3) is 0 Å². The fraction of sp³-hybridized carbons (Fsp3) is 0.500. The molecule has 19 heavy (non-hydrogen) atoms. The van der Waals surface area contributed by atoms with Crippen molar-refractivity contribution in [2.24, 2.45) is 5.92 Å². The number of piperidine rings is 1. The molecule has 1 aromatic carbocycles. The number of halogens is 2. The molecule has 1 aliphatic rings. The average Bonchev–Trinajstić information content (AvgIpc) is 2.83. The van der Waals surface area contributed by atoms with Gasteiger partial charge in [-0.25, -0.2) is 4.98 Å². The van der Waals surface area contributed by atoms with E-state index in [1.54, 1.807) is 11.3 Å². The monoisotopic (exact) mass is 314 g/mol. The Kier molecular flexibility index (Phi) is 4.15. The van der Waals surface area contributed by atoms with Crippen LogP contribution in [0.1, 0.15) is 19.3 Å². The molecule has 102 valence electrons. The van der Waals surface area contributed by atoms with Crippen molar-refractivity contribution >= 4 is 49.9 Å². The minimum atomic E-state index is 0.755. The fourth-order valence-corrected chi connectivity index (χ4v) is 4.06. The lowest BCUT2D eigenvalue weighted by Gasteiger charge is -2.31. The van der Waals surface area contributed by atoms with E-state index in [2.05, 4.69) is 11.0 Å². The number of nitrogens with zero attached hydrogens (tertiary/aromatic N) is 2. The standard InChI is InChI=1S/C14H16Cl2N2S/c15-6-3-10-4-7-18(8-5-10)14-17-12-9-11(16)1-2-13(12)19-14/h1-2,9-10H,3-8H2. The molecule has 0 bridgehead atoms. The maximum Gasteiger partial charge on any atom is 0.186 e. The highest BCUT2D eigenvalue weighted by molar-refractivity contribution is 7.22. The van der Waals surface area contributed by atoms with Gasteiger partial charge in [0.15, 0.2) is 5.13 Å². The van der Waals surface area contributed by atoms with E-state index in [9.17, 15) is 0 Å². The maximum atomic E-state index is 6.01. The summed E-state index contributed by atoms with van der Waals surface area (Å²) in [5, 5.41) is 1.88. The molecule has 3 rings (SSSR count). The predicted octanol–water partition coefficient (Wildman–Crippen LogP) is 4.80. The van der Waals surface area contributed by atoms with Gasteiger partial charge in [-0.2, -0.15) is 0 Å². The predicted molar refractivity (Wildman–Crippen MR) is 84.9 cm³/mol. The first-order chi connectivity index (χ1) is 9.26. The molecule has 1 saturated heterocycles. The van der Waals surface area contributed by atoms with Gasteiger partial charge in [-0.05, 0) is 43.4 Å². The summed E-state index contributed by atoms with van der Waals surface area (Å²) in [6, 6.07) is 5.93. The summed E-state index contributed by atoms with van der Waals surface area (Å²) in [5.74, 6) is 1.57. The van der Waals surface area contributed by atoms with Crippen LogP contribution in [0.5, 0.6) is 0 Å². The van der Waals surface area contributed by atoms with Gasteiger partial charge in [-0.15, -0.1) is 11.6 Å². The Morgan fingerprint density at radius 2 is 2.11 bits per heavy atom. The minimum absolute atomic E-state index is 0.755. The third-order valence-corrected chi connectivity index (χ3v) is 5.29. The molecule has 2 nitrogen and oxygen atoms in total. The van der Waals surface area contributed by atoms with Crippen molar-refractivity contribution in [3.05, 3.63) is 23.2 Å². The highest BCUT2D eigenvalue weighted by Gasteiger charge is 2.21. The maximum absolute atomic E-state index is 6.01. The second-order valence-electron chi connectivity index (χ2n) is 5.02. The largest absolute Gasteiger partial charge is 0.348 e. The lowest BCUT2D eigenvalue weighted by atomic mass is 9.95. The number of rotatable bonds is 3. The zero-order chi connectivity index (χ0) is 13.2. The zero-order valence-corrected chi connectivity index (χ0v) is 12.9. The third kappa shape index (κ3) is 2.99. The fourth-order valence-electron chi connectivity index (χ4n) is 2.59. The van der Waals surface area contributed by atoms with Crippen LogP contribution in [-0.4, -0.2) is 24.0 Å². The molecular formula is C14H16Cl2N2S. The summed E-state index contributed by atoms with van der Waals surface area (Å²) >= 11 is 13.6. The number of fused-ring (bicyclic) bond motifs is 1. The first kappa shape index (κ1) is 13.5. The number of alkyl halides is 1. The van der Waals surface area contributed by atoms with Crippen molar-refractivity contribution in [1.29, 1.82) is 0 Å². The van der Waals surface area contributed by atoms with E-state index in [-0.39, 0.29) is 0 Å². The SMILES string of the molecule is ClCCC1CCN(c2nc3cc(Cl)ccc3s2)CC1. The first-order valence-corrected chi connectivity index (χ1v) is 8.36. The van der Waals surface area contributed by atoms with Crippen LogP contribution in [-0.2, 0) is 0 Å². The van der Waals surface area contributed by atoms with Gasteiger partial charge in [-0.3, -0.25) is 0 Å². The van der Waals surface area contributed by atoms with Crippen LogP contribution in [0, 0.1) is 5.92 Å². The normalized spacial score (nSPS) is 17.3. The van der Waals surface area contributed by atoms with E-state index in [4.69, 9.17) is 28.2 Å². The van der Waals surface area contributed by atoms with E-state index in [1.165, 1.54) is 17.5 Å². The van der Waals surface area contributed by atoms with Crippen molar-refractivity contribution < 1.29 is 0 Å². The van der Waals surface area contributed by atoms with Crippen molar-refractivity contribution in [2.45, 2.75) is 19.3 Å². The zero-order valence-electron chi connectivity index (χ0n) is 10.6. The topological polar surface area (TPSA) is 16.1 Å². The molecule has 1 fully saturated rings. The number of hydrogen-bond donors (Lipinski definition) is 0. The summed E-state index contributed by atoms with van der Waals surface area (Å²) in [4.78, 5) is 7.09. The Morgan fingerprint density at radius 3 is 2.84 bits per heavy atom. The molecule has 0 unspecified atom stereocenters. The van der Waals surface area contributed by atoms with Gasteiger partial charge in [0, 0.05) is 24.0 Å². The summed E-state index contributed by atoms with van der Waals surface area (Å²) in [7, 11) is 0. The van der Waals surface area contributed by atoms with Crippen LogP contribution in [0.25, 0.3) is 10.2 Å². The molecule has 0 spiro atoms. The molecule has 0 aliphatic carbocycles. The number of thiazole rings is 1. The molecule has 0 atom stereocenters. The Labute approximate surface area is 127 Å². The van der Waals surface area contributed by atoms with E-state index in [0.717, 1.165) is 47.0 Å². The molecule has 0 amide bonds. The molecule has 0 saturated carbocycles. The van der Waals surface area contributed by atoms with Gasteiger partial charge in [0.2, 0.25) is 0 Å². The van der Waals surface area contributed by atoms with Crippen LogP contribution >= 0.6 is 34.5 Å². The summed E-state index contributed by atoms with van der Waals surface area (Å²) in [6.07, 6.45) is 3.59. The molecule has 1 aliphatic heterocycles. The van der Waals surface area contributed by atoms with Gasteiger partial charge in [0.1, 0.15) is 0 Å². The number of benzene rings is 1. The minimum Gasteiger partial charge on any atom is -0.348 e. The third-order valence-electron chi connectivity index (χ3n) is 3.74. The van der Waals surface area contributed by atoms with E-state index in [0.29, 0.717) is 0 Å². The Balaban J connectivity index is 1.74. The van der Waals surface area contributed by atoms with Crippen LogP contribution < -0.4 is 4.90 Å². The summed E-state index contributed by atoms with van der Waals surface area (Å²) in [6.45, 7) is 2.18. The first-order valence-electron chi connectivity index (χ1n) is 6.63. The van der Waals surface area contributed by atoms with Gasteiger partial charge in [-0.1, -0.05) is 22.9 Å². The van der Waals surface area contributed by atoms with Crippen LogP contribution in [0.3, 0.4) is 0 Å². The Morgan fingerprint density at radius 1 is 1.32 bits per heavy atom. The molecule has 0 radical (unpaired) electrons. The average molecular weight is 315 g/mol. The molecule has 2 heterocycles. The second kappa shape index (κ2) is 5.86. The summed E-state index contributed by atoms with van der Waals surface area (Å²) in [5.41, 5.74) is 1.01. The van der Waals surface area contributed by atoms with Gasteiger partial charge < -0.3 is 4.90 Å². The van der Waals surface area contributed by atoms with E-state index < -0.39 is 0 Å². The number of hydrogen-bond acceptors (Lipinski definition) is 3. The molecule has 0 N–H and O–H groups in total. The highest BCUT2D eigenvalue weighted by atomic mass is 35.5. The van der Waals surface area contributed by atoms with Crippen molar-refractivity contribution in [3.63, 3.8) is 0 Å². The van der Waals surface area contributed by atoms with Gasteiger partial charge >= 0.3 is 0 Å². The van der Waals surface area contributed by atoms with Crippen molar-refractivity contribution in [3.8, 4) is 0 Å². The quantitative estimate of drug-likeness (QED) is 0.757.